The van der Waals surface area contributed by atoms with Crippen LogP contribution >= 0.6 is 0 Å². The molecule has 8 heteroatoms. The maximum atomic E-state index is 14.6. The van der Waals surface area contributed by atoms with Crippen molar-refractivity contribution in [2.24, 2.45) is 0 Å². The molecule has 0 aliphatic carbocycles. The van der Waals surface area contributed by atoms with Crippen LogP contribution in [0.1, 0.15) is 45.2 Å². The molecule has 4 aromatic rings. The first-order chi connectivity index (χ1) is 18.8. The second-order valence-electron chi connectivity index (χ2n) is 9.56. The quantitative estimate of drug-likeness (QED) is 0.331. The van der Waals surface area contributed by atoms with Crippen molar-refractivity contribution in [1.29, 1.82) is 0 Å². The minimum Gasteiger partial charge on any atom is -0.350 e. The van der Waals surface area contributed by atoms with E-state index in [1.54, 1.807) is 24.3 Å². The first kappa shape index (κ1) is 26.3. The van der Waals surface area contributed by atoms with Crippen LogP contribution in [-0.2, 0) is 22.8 Å². The summed E-state index contributed by atoms with van der Waals surface area (Å²) in [6.07, 6.45) is 1.50. The summed E-state index contributed by atoms with van der Waals surface area (Å²) in [6, 6.07) is 25.9. The highest BCUT2D eigenvalue weighted by atomic mass is 32.2. The van der Waals surface area contributed by atoms with Gasteiger partial charge in [-0.3, -0.25) is 9.59 Å². The molecule has 0 unspecified atom stereocenters. The van der Waals surface area contributed by atoms with Gasteiger partial charge in [-0.2, -0.15) is 0 Å². The largest absolute Gasteiger partial charge is 0.350 e. The molecule has 1 heterocycles. The van der Waals surface area contributed by atoms with E-state index in [0.29, 0.717) is 6.42 Å². The molecule has 6 nitrogen and oxygen atoms in total. The number of fused-ring (bicyclic) bond motifs is 2. The van der Waals surface area contributed by atoms with Crippen LogP contribution in [0.2, 0.25) is 0 Å². The Bertz CT molecular complexity index is 1650. The third-order valence-electron chi connectivity index (χ3n) is 6.83. The molecule has 5 rings (SSSR count). The summed E-state index contributed by atoms with van der Waals surface area (Å²) in [5, 5.41) is 2.96. The molecular formula is C31H27FN2O4S. The highest BCUT2D eigenvalue weighted by Gasteiger charge is 2.36. The Balaban J connectivity index is 1.50. The second kappa shape index (κ2) is 10.8. The summed E-state index contributed by atoms with van der Waals surface area (Å²) in [5.74, 6) is -1.51. The first-order valence-corrected chi connectivity index (χ1v) is 14.1. The fraction of sp³-hybridized carbons (Fsp3) is 0.161. The summed E-state index contributed by atoms with van der Waals surface area (Å²) < 4.78 is 41.9. The molecule has 2 amide bonds. The maximum Gasteiger partial charge on any atom is 0.259 e. The summed E-state index contributed by atoms with van der Waals surface area (Å²) in [5.41, 5.74) is 1.61. The summed E-state index contributed by atoms with van der Waals surface area (Å²) in [4.78, 5) is 27.9. The molecule has 0 aromatic heterocycles. The van der Waals surface area contributed by atoms with Crippen molar-refractivity contribution in [2.75, 3.05) is 4.90 Å². The molecule has 4 aromatic carbocycles. The third-order valence-corrected chi connectivity index (χ3v) is 8.69. The number of halogens is 1. The number of rotatable bonds is 7. The van der Waals surface area contributed by atoms with Gasteiger partial charge in [-0.05, 0) is 61.7 Å². The molecule has 0 spiro atoms. The van der Waals surface area contributed by atoms with E-state index >= 15 is 0 Å². The number of sulfone groups is 1. The van der Waals surface area contributed by atoms with Gasteiger partial charge in [0.2, 0.25) is 9.84 Å². The Morgan fingerprint density at radius 2 is 1.59 bits per heavy atom. The van der Waals surface area contributed by atoms with Crippen LogP contribution in [0.15, 0.2) is 107 Å². The number of carbonyl (C=O) groups excluding carboxylic acids is 2. The second-order valence-corrected chi connectivity index (χ2v) is 11.5. The average Bonchev–Trinajstić information content (AvgIpc) is 3.01. The van der Waals surface area contributed by atoms with Gasteiger partial charge in [-0.1, -0.05) is 60.7 Å². The molecule has 0 radical (unpaired) electrons. The van der Waals surface area contributed by atoms with E-state index in [2.05, 4.69) is 5.32 Å². The van der Waals surface area contributed by atoms with Crippen LogP contribution in [-0.4, -0.2) is 26.3 Å². The number of nitrogens with zero attached hydrogens (tertiary/aromatic N) is 1. The van der Waals surface area contributed by atoms with Crippen molar-refractivity contribution < 1.29 is 22.4 Å². The molecule has 0 fully saturated rings. The van der Waals surface area contributed by atoms with Crippen molar-refractivity contribution in [2.45, 2.75) is 42.1 Å². The Kier molecular flexibility index (Phi) is 7.30. The van der Waals surface area contributed by atoms with Crippen LogP contribution < -0.4 is 10.2 Å². The molecule has 0 bridgehead atoms. The normalized spacial score (nSPS) is 14.6. The van der Waals surface area contributed by atoms with Gasteiger partial charge in [-0.15, -0.1) is 0 Å². The number of hydrogen-bond acceptors (Lipinski definition) is 4. The lowest BCUT2D eigenvalue weighted by atomic mass is 10.1. The zero-order valence-corrected chi connectivity index (χ0v) is 22.1. The summed E-state index contributed by atoms with van der Waals surface area (Å²) in [6.45, 7) is 1.69. The third kappa shape index (κ3) is 5.33. The molecule has 1 N–H and O–H groups in total. The van der Waals surface area contributed by atoms with E-state index in [9.17, 15) is 22.4 Å². The van der Waals surface area contributed by atoms with Gasteiger partial charge in [-0.25, -0.2) is 12.8 Å². The van der Waals surface area contributed by atoms with Crippen LogP contribution in [0.25, 0.3) is 0 Å². The van der Waals surface area contributed by atoms with E-state index in [4.69, 9.17) is 0 Å². The van der Waals surface area contributed by atoms with Gasteiger partial charge in [0.15, 0.2) is 0 Å². The van der Waals surface area contributed by atoms with Crippen molar-refractivity contribution in [3.8, 4) is 0 Å². The van der Waals surface area contributed by atoms with E-state index in [1.807, 2.05) is 37.3 Å². The smallest absolute Gasteiger partial charge is 0.259 e. The number of hydrogen-bond donors (Lipinski definition) is 1. The first-order valence-electron chi connectivity index (χ1n) is 12.6. The van der Waals surface area contributed by atoms with Crippen LogP contribution in [0.5, 0.6) is 0 Å². The van der Waals surface area contributed by atoms with Gasteiger partial charge in [0.1, 0.15) is 5.82 Å². The van der Waals surface area contributed by atoms with Gasteiger partial charge in [0.05, 0.1) is 27.6 Å². The van der Waals surface area contributed by atoms with Gasteiger partial charge >= 0.3 is 0 Å². The van der Waals surface area contributed by atoms with E-state index in [1.165, 1.54) is 47.4 Å². The van der Waals surface area contributed by atoms with E-state index < -0.39 is 27.5 Å². The number of amides is 2. The SMILES string of the molecule is C[C@@H](CCc1ccccc1)NC(=O)c1ccc2c(c1)N(Cc1ccccc1F)C(=O)c1ccccc1S2(=O)=O. The van der Waals surface area contributed by atoms with Crippen molar-refractivity contribution >= 4 is 27.3 Å². The molecule has 39 heavy (non-hydrogen) atoms. The van der Waals surface area contributed by atoms with Gasteiger partial charge in [0, 0.05) is 17.2 Å². The minimum absolute atomic E-state index is 0.00873. The van der Waals surface area contributed by atoms with Gasteiger partial charge in [0.25, 0.3) is 11.8 Å². The fourth-order valence-corrected chi connectivity index (χ4v) is 6.34. The van der Waals surface area contributed by atoms with E-state index in [-0.39, 0.29) is 44.8 Å². The number of aryl methyl sites for hydroxylation is 1. The predicted molar refractivity (Wildman–Crippen MR) is 147 cm³/mol. The van der Waals surface area contributed by atoms with Crippen molar-refractivity contribution in [3.05, 3.63) is 125 Å². The zero-order chi connectivity index (χ0) is 27.6. The highest BCUT2D eigenvalue weighted by molar-refractivity contribution is 7.91. The van der Waals surface area contributed by atoms with Crippen molar-refractivity contribution in [1.82, 2.24) is 5.32 Å². The monoisotopic (exact) mass is 542 g/mol. The summed E-state index contributed by atoms with van der Waals surface area (Å²) in [7, 11) is -4.10. The molecule has 0 saturated heterocycles. The lowest BCUT2D eigenvalue weighted by molar-refractivity contribution is 0.0935. The van der Waals surface area contributed by atoms with E-state index in [0.717, 1.165) is 12.0 Å². The van der Waals surface area contributed by atoms with Crippen LogP contribution in [0, 0.1) is 5.82 Å². The highest BCUT2D eigenvalue weighted by Crippen LogP contribution is 2.38. The number of anilines is 1. The fourth-order valence-electron chi connectivity index (χ4n) is 4.71. The Morgan fingerprint density at radius 1 is 0.897 bits per heavy atom. The molecular weight excluding hydrogens is 515 g/mol. The lowest BCUT2D eigenvalue weighted by Gasteiger charge is -2.24. The predicted octanol–water partition coefficient (Wildman–Crippen LogP) is 5.57. The lowest BCUT2D eigenvalue weighted by Crippen LogP contribution is -2.34. The molecule has 0 saturated carbocycles. The van der Waals surface area contributed by atoms with Crippen LogP contribution in [0.4, 0.5) is 10.1 Å². The number of nitrogens with one attached hydrogen (secondary N) is 1. The molecule has 198 valence electrons. The minimum atomic E-state index is -4.10. The topological polar surface area (TPSA) is 83.6 Å². The summed E-state index contributed by atoms with van der Waals surface area (Å²) >= 11 is 0. The average molecular weight is 543 g/mol. The molecule has 1 atom stereocenters. The molecule has 1 aliphatic rings. The number of benzene rings is 4. The molecule has 1 aliphatic heterocycles. The van der Waals surface area contributed by atoms with Crippen molar-refractivity contribution in [3.63, 3.8) is 0 Å². The van der Waals surface area contributed by atoms with Crippen LogP contribution in [0.3, 0.4) is 0 Å². The Morgan fingerprint density at radius 3 is 2.36 bits per heavy atom. The van der Waals surface area contributed by atoms with Gasteiger partial charge < -0.3 is 10.2 Å². The standard InChI is InChI=1S/C31H27FN2O4S/c1-21(15-16-22-9-3-2-4-10-22)33-30(35)23-17-18-29-27(19-23)34(20-24-11-5-7-13-26(24)32)31(36)25-12-6-8-14-28(25)39(29,37)38/h2-14,17-19,21H,15-16,20H2,1H3,(H,33,35)/t21-/m0/s1. The Hall–Kier alpha value is -4.30. The number of carbonyl (C=O) groups is 2. The maximum absolute atomic E-state index is 14.6. The Labute approximate surface area is 227 Å². The zero-order valence-electron chi connectivity index (χ0n) is 21.3.